The van der Waals surface area contributed by atoms with Gasteiger partial charge < -0.3 is 14.8 Å². The monoisotopic (exact) mass is 395 g/mol. The first-order chi connectivity index (χ1) is 14.0. The fourth-order valence-corrected chi connectivity index (χ4v) is 3.74. The van der Waals surface area contributed by atoms with Gasteiger partial charge in [-0.2, -0.15) is 0 Å². The molecule has 5 heteroatoms. The fourth-order valence-electron chi connectivity index (χ4n) is 3.74. The average molecular weight is 395 g/mol. The SMILES string of the molecule is COc1ccc(C2(CNC(=O)CCC(=O)c3ccc(C)cc3)CCOCC2)cc1. The highest BCUT2D eigenvalue weighted by atomic mass is 16.5. The normalized spacial score (nSPS) is 15.5. The Morgan fingerprint density at radius 1 is 1.00 bits per heavy atom. The number of rotatable bonds is 8. The molecule has 1 aliphatic rings. The summed E-state index contributed by atoms with van der Waals surface area (Å²) in [6.07, 6.45) is 2.11. The second-order valence-corrected chi connectivity index (χ2v) is 7.69. The van der Waals surface area contributed by atoms with E-state index in [0.717, 1.165) is 24.2 Å². The zero-order valence-corrected chi connectivity index (χ0v) is 17.2. The summed E-state index contributed by atoms with van der Waals surface area (Å²) in [5.41, 5.74) is 2.79. The summed E-state index contributed by atoms with van der Waals surface area (Å²) < 4.78 is 10.8. The number of aryl methyl sites for hydroxylation is 1. The molecule has 29 heavy (non-hydrogen) atoms. The molecule has 1 aliphatic heterocycles. The van der Waals surface area contributed by atoms with Gasteiger partial charge in [-0.3, -0.25) is 9.59 Å². The van der Waals surface area contributed by atoms with Crippen LogP contribution >= 0.6 is 0 Å². The zero-order valence-electron chi connectivity index (χ0n) is 17.2. The van der Waals surface area contributed by atoms with Crippen LogP contribution in [-0.2, 0) is 14.9 Å². The molecule has 1 heterocycles. The highest BCUT2D eigenvalue weighted by Crippen LogP contribution is 2.35. The Labute approximate surface area is 172 Å². The molecule has 1 saturated heterocycles. The zero-order chi connectivity index (χ0) is 20.7. The van der Waals surface area contributed by atoms with Crippen molar-refractivity contribution in [2.24, 2.45) is 0 Å². The fraction of sp³-hybridized carbons (Fsp3) is 0.417. The van der Waals surface area contributed by atoms with Gasteiger partial charge in [-0.25, -0.2) is 0 Å². The quantitative estimate of drug-likeness (QED) is 0.690. The van der Waals surface area contributed by atoms with E-state index < -0.39 is 0 Å². The van der Waals surface area contributed by atoms with Crippen LogP contribution in [0.15, 0.2) is 48.5 Å². The Hall–Kier alpha value is -2.66. The molecule has 1 fully saturated rings. The van der Waals surface area contributed by atoms with Gasteiger partial charge in [-0.05, 0) is 37.5 Å². The molecule has 0 spiro atoms. The largest absolute Gasteiger partial charge is 0.497 e. The van der Waals surface area contributed by atoms with Crippen molar-refractivity contribution in [3.8, 4) is 5.75 Å². The van der Waals surface area contributed by atoms with Crippen LogP contribution < -0.4 is 10.1 Å². The van der Waals surface area contributed by atoms with Gasteiger partial charge in [0.2, 0.25) is 5.91 Å². The number of ether oxygens (including phenoxy) is 2. The summed E-state index contributed by atoms with van der Waals surface area (Å²) in [4.78, 5) is 24.7. The number of hydrogen-bond acceptors (Lipinski definition) is 4. The molecule has 0 aliphatic carbocycles. The molecule has 0 atom stereocenters. The molecule has 5 nitrogen and oxygen atoms in total. The lowest BCUT2D eigenvalue weighted by Gasteiger charge is -2.38. The van der Waals surface area contributed by atoms with Crippen LogP contribution in [0.1, 0.15) is 47.2 Å². The number of carbonyl (C=O) groups excluding carboxylic acids is 2. The minimum Gasteiger partial charge on any atom is -0.497 e. The molecule has 0 saturated carbocycles. The molecule has 3 rings (SSSR count). The maximum Gasteiger partial charge on any atom is 0.220 e. The molecular weight excluding hydrogens is 366 g/mol. The van der Waals surface area contributed by atoms with Crippen LogP contribution in [0.2, 0.25) is 0 Å². The Morgan fingerprint density at radius 3 is 2.28 bits per heavy atom. The highest BCUT2D eigenvalue weighted by Gasteiger charge is 2.34. The second-order valence-electron chi connectivity index (χ2n) is 7.69. The lowest BCUT2D eigenvalue weighted by atomic mass is 9.74. The van der Waals surface area contributed by atoms with Gasteiger partial charge in [-0.1, -0.05) is 42.0 Å². The number of Topliss-reactive ketones (excluding diaryl/α,β-unsaturated/α-hetero) is 1. The van der Waals surface area contributed by atoms with E-state index in [1.165, 1.54) is 5.56 Å². The van der Waals surface area contributed by atoms with Crippen LogP contribution in [0.25, 0.3) is 0 Å². The van der Waals surface area contributed by atoms with E-state index in [9.17, 15) is 9.59 Å². The Balaban J connectivity index is 1.58. The van der Waals surface area contributed by atoms with E-state index >= 15 is 0 Å². The molecule has 0 unspecified atom stereocenters. The summed E-state index contributed by atoms with van der Waals surface area (Å²) in [7, 11) is 1.65. The Bertz CT molecular complexity index is 821. The first-order valence-electron chi connectivity index (χ1n) is 10.1. The van der Waals surface area contributed by atoms with Crippen LogP contribution in [-0.4, -0.2) is 38.6 Å². The standard InChI is InChI=1S/C24H29NO4/c1-18-3-5-19(6-4-18)22(26)11-12-23(27)25-17-24(13-15-29-16-14-24)20-7-9-21(28-2)10-8-20/h3-10H,11-17H2,1-2H3,(H,25,27). The van der Waals surface area contributed by atoms with Crippen molar-refractivity contribution in [2.75, 3.05) is 26.9 Å². The molecule has 0 aromatic heterocycles. The predicted molar refractivity (Wildman–Crippen MR) is 112 cm³/mol. The van der Waals surface area contributed by atoms with Gasteiger partial charge in [0.25, 0.3) is 0 Å². The van der Waals surface area contributed by atoms with Crippen molar-refractivity contribution < 1.29 is 19.1 Å². The van der Waals surface area contributed by atoms with E-state index in [1.807, 2.05) is 43.3 Å². The van der Waals surface area contributed by atoms with Gasteiger partial charge in [-0.15, -0.1) is 0 Å². The maximum absolute atomic E-state index is 12.4. The Morgan fingerprint density at radius 2 is 1.66 bits per heavy atom. The minimum absolute atomic E-state index is 0.00363. The van der Waals surface area contributed by atoms with Gasteiger partial charge in [0.05, 0.1) is 7.11 Å². The highest BCUT2D eigenvalue weighted by molar-refractivity contribution is 5.97. The number of hydrogen-bond donors (Lipinski definition) is 1. The smallest absolute Gasteiger partial charge is 0.220 e. The number of ketones is 1. The average Bonchev–Trinajstić information content (AvgIpc) is 2.77. The van der Waals surface area contributed by atoms with Crippen molar-refractivity contribution in [2.45, 2.75) is 38.0 Å². The van der Waals surface area contributed by atoms with Crippen LogP contribution in [0, 0.1) is 6.92 Å². The third kappa shape index (κ3) is 5.45. The van der Waals surface area contributed by atoms with Crippen LogP contribution in [0.4, 0.5) is 0 Å². The number of benzene rings is 2. The van der Waals surface area contributed by atoms with Gasteiger partial charge in [0, 0.05) is 43.6 Å². The molecule has 2 aromatic carbocycles. The first-order valence-corrected chi connectivity index (χ1v) is 10.1. The van der Waals surface area contributed by atoms with E-state index in [0.29, 0.717) is 25.3 Å². The number of nitrogens with one attached hydrogen (secondary N) is 1. The van der Waals surface area contributed by atoms with Crippen LogP contribution in [0.3, 0.4) is 0 Å². The molecule has 1 amide bonds. The van der Waals surface area contributed by atoms with E-state index in [-0.39, 0.29) is 29.9 Å². The molecule has 2 aromatic rings. The summed E-state index contributed by atoms with van der Waals surface area (Å²) in [6, 6.07) is 15.5. The first kappa shape index (κ1) is 21.1. The molecule has 154 valence electrons. The van der Waals surface area contributed by atoms with Crippen molar-refractivity contribution in [1.29, 1.82) is 0 Å². The van der Waals surface area contributed by atoms with Crippen molar-refractivity contribution >= 4 is 11.7 Å². The van der Waals surface area contributed by atoms with Gasteiger partial charge in [0.1, 0.15) is 5.75 Å². The summed E-state index contributed by atoms with van der Waals surface area (Å²) in [5, 5.41) is 3.06. The summed E-state index contributed by atoms with van der Waals surface area (Å²) >= 11 is 0. The summed E-state index contributed by atoms with van der Waals surface area (Å²) in [5.74, 6) is 0.718. The third-order valence-corrected chi connectivity index (χ3v) is 5.73. The number of amides is 1. The van der Waals surface area contributed by atoms with Gasteiger partial charge in [0.15, 0.2) is 5.78 Å². The van der Waals surface area contributed by atoms with Crippen LogP contribution in [0.5, 0.6) is 5.75 Å². The van der Waals surface area contributed by atoms with Crippen molar-refractivity contribution in [1.82, 2.24) is 5.32 Å². The maximum atomic E-state index is 12.4. The molecule has 0 bridgehead atoms. The number of carbonyl (C=O) groups is 2. The number of methoxy groups -OCH3 is 1. The molecular formula is C24H29NO4. The van der Waals surface area contributed by atoms with Crippen molar-refractivity contribution in [3.63, 3.8) is 0 Å². The molecule has 0 radical (unpaired) electrons. The Kier molecular flexibility index (Phi) is 7.04. The third-order valence-electron chi connectivity index (χ3n) is 5.73. The lowest BCUT2D eigenvalue weighted by Crippen LogP contribution is -2.44. The van der Waals surface area contributed by atoms with E-state index in [2.05, 4.69) is 17.4 Å². The predicted octanol–water partition coefficient (Wildman–Crippen LogP) is 3.83. The minimum atomic E-state index is -0.152. The van der Waals surface area contributed by atoms with Crippen molar-refractivity contribution in [3.05, 3.63) is 65.2 Å². The second kappa shape index (κ2) is 9.70. The van der Waals surface area contributed by atoms with E-state index in [1.54, 1.807) is 7.11 Å². The summed E-state index contributed by atoms with van der Waals surface area (Å²) in [6.45, 7) is 3.87. The lowest BCUT2D eigenvalue weighted by molar-refractivity contribution is -0.121. The van der Waals surface area contributed by atoms with Gasteiger partial charge >= 0.3 is 0 Å². The topological polar surface area (TPSA) is 64.6 Å². The molecule has 1 N–H and O–H groups in total. The van der Waals surface area contributed by atoms with E-state index in [4.69, 9.17) is 9.47 Å².